The van der Waals surface area contributed by atoms with Crippen molar-refractivity contribution in [3.8, 4) is 5.95 Å². The van der Waals surface area contributed by atoms with Crippen molar-refractivity contribution < 1.29 is 27.1 Å². The third-order valence-corrected chi connectivity index (χ3v) is 2.74. The Morgan fingerprint density at radius 1 is 1.37 bits per heavy atom. The molecular formula is C11H7BrF3NO3. The van der Waals surface area contributed by atoms with Gasteiger partial charge in [0, 0.05) is 23.0 Å². The van der Waals surface area contributed by atoms with Gasteiger partial charge in [0.05, 0.1) is 5.56 Å². The molecule has 0 aliphatic carbocycles. The first-order valence-corrected chi connectivity index (χ1v) is 5.80. The number of carbonyl (C=O) groups is 1. The van der Waals surface area contributed by atoms with E-state index in [2.05, 4.69) is 26.0 Å². The lowest BCUT2D eigenvalue weighted by Crippen LogP contribution is -2.21. The molecule has 1 heterocycles. The molecule has 0 spiro atoms. The minimum absolute atomic E-state index is 0.0272. The zero-order chi connectivity index (χ0) is 14.2. The van der Waals surface area contributed by atoms with Crippen molar-refractivity contribution in [2.45, 2.75) is 6.18 Å². The number of furan rings is 1. The van der Waals surface area contributed by atoms with Gasteiger partial charge < -0.3 is 14.5 Å². The van der Waals surface area contributed by atoms with Gasteiger partial charge in [0.2, 0.25) is 0 Å². The second kappa shape index (κ2) is 4.76. The summed E-state index contributed by atoms with van der Waals surface area (Å²) < 4.78 is 48.5. The maximum Gasteiger partial charge on any atom is 0.417 e. The highest BCUT2D eigenvalue weighted by molar-refractivity contribution is 9.10. The Kier molecular flexibility index (Phi) is 3.44. The van der Waals surface area contributed by atoms with Crippen LogP contribution in [-0.4, -0.2) is 13.1 Å². The first-order chi connectivity index (χ1) is 8.81. The number of hydrogen-bond donors (Lipinski definition) is 1. The quantitative estimate of drug-likeness (QED) is 0.857. The molecule has 1 aromatic heterocycles. The number of benzene rings is 1. The van der Waals surface area contributed by atoms with E-state index in [0.717, 1.165) is 12.1 Å². The van der Waals surface area contributed by atoms with E-state index < -0.39 is 17.8 Å². The number of rotatable bonds is 1. The van der Waals surface area contributed by atoms with Crippen molar-refractivity contribution in [2.75, 3.05) is 7.05 Å². The Morgan fingerprint density at radius 3 is 2.63 bits per heavy atom. The predicted octanol–water partition coefficient (Wildman–Crippen LogP) is 3.93. The van der Waals surface area contributed by atoms with E-state index in [1.165, 1.54) is 13.1 Å². The van der Waals surface area contributed by atoms with E-state index in [1.807, 2.05) is 0 Å². The van der Waals surface area contributed by atoms with Crippen LogP contribution in [-0.2, 0) is 6.18 Å². The van der Waals surface area contributed by atoms with Crippen LogP contribution in [0.25, 0.3) is 11.0 Å². The Labute approximate surface area is 113 Å². The third-order valence-electron chi connectivity index (χ3n) is 2.28. The van der Waals surface area contributed by atoms with Crippen molar-refractivity contribution in [1.82, 2.24) is 5.32 Å². The fraction of sp³-hybridized carbons (Fsp3) is 0.182. The van der Waals surface area contributed by atoms with E-state index in [9.17, 15) is 18.0 Å². The number of amides is 1. The summed E-state index contributed by atoms with van der Waals surface area (Å²) in [5.74, 6) is -0.307. The zero-order valence-corrected chi connectivity index (χ0v) is 11.1. The van der Waals surface area contributed by atoms with Gasteiger partial charge in [-0.1, -0.05) is 15.9 Å². The number of alkyl halides is 3. The van der Waals surface area contributed by atoms with Crippen LogP contribution in [0.2, 0.25) is 0 Å². The highest BCUT2D eigenvalue weighted by atomic mass is 79.9. The number of fused-ring (bicyclic) bond motifs is 1. The molecular weight excluding hydrogens is 331 g/mol. The van der Waals surface area contributed by atoms with Crippen LogP contribution in [0, 0.1) is 0 Å². The van der Waals surface area contributed by atoms with Gasteiger partial charge in [0.25, 0.3) is 5.95 Å². The van der Waals surface area contributed by atoms with Gasteiger partial charge in [-0.3, -0.25) is 0 Å². The second-order valence-corrected chi connectivity index (χ2v) is 4.48. The van der Waals surface area contributed by atoms with Gasteiger partial charge in [0.15, 0.2) is 0 Å². The average molecular weight is 338 g/mol. The van der Waals surface area contributed by atoms with Gasteiger partial charge in [0.1, 0.15) is 5.58 Å². The summed E-state index contributed by atoms with van der Waals surface area (Å²) in [6.45, 7) is 0. The maximum absolute atomic E-state index is 12.9. The van der Waals surface area contributed by atoms with E-state index in [-0.39, 0.29) is 21.4 Å². The Balaban J connectivity index is 2.55. The monoisotopic (exact) mass is 337 g/mol. The Hall–Kier alpha value is -1.70. The molecule has 0 saturated heterocycles. The highest BCUT2D eigenvalue weighted by Gasteiger charge is 2.34. The lowest BCUT2D eigenvalue weighted by Gasteiger charge is -2.07. The Bertz CT molecular complexity index is 636. The van der Waals surface area contributed by atoms with Gasteiger partial charge in [-0.15, -0.1) is 0 Å². The fourth-order valence-corrected chi connectivity index (χ4v) is 1.95. The van der Waals surface area contributed by atoms with Crippen molar-refractivity contribution in [1.29, 1.82) is 0 Å². The first kappa shape index (κ1) is 13.7. The molecule has 0 radical (unpaired) electrons. The summed E-state index contributed by atoms with van der Waals surface area (Å²) in [5, 5.41) is 1.99. The van der Waals surface area contributed by atoms with Gasteiger partial charge in [-0.05, 0) is 12.1 Å². The molecule has 1 aromatic carbocycles. The summed E-state index contributed by atoms with van der Waals surface area (Å²) in [4.78, 5) is 11.0. The molecule has 4 nitrogen and oxygen atoms in total. The molecule has 1 amide bonds. The second-order valence-electron chi connectivity index (χ2n) is 3.57. The standard InChI is InChI=1S/C11H7BrF3NO3/c1-16-10(17)19-9-4-6-7(11(13,14)15)2-5(12)3-8(6)18-9/h2-4H,1H3,(H,16,17). The van der Waals surface area contributed by atoms with Gasteiger partial charge >= 0.3 is 12.3 Å². The molecule has 102 valence electrons. The summed E-state index contributed by atoms with van der Waals surface area (Å²) in [6.07, 6.45) is -5.36. The van der Waals surface area contributed by atoms with Crippen LogP contribution in [0.4, 0.5) is 18.0 Å². The third kappa shape index (κ3) is 2.83. The molecule has 0 saturated carbocycles. The van der Waals surface area contributed by atoms with E-state index in [4.69, 9.17) is 4.42 Å². The molecule has 0 unspecified atom stereocenters. The number of carbonyl (C=O) groups excluding carboxylic acids is 1. The highest BCUT2D eigenvalue weighted by Crippen LogP contribution is 2.39. The molecule has 2 aromatic rings. The van der Waals surface area contributed by atoms with Crippen molar-refractivity contribution in [2.24, 2.45) is 0 Å². The van der Waals surface area contributed by atoms with Gasteiger partial charge in [-0.25, -0.2) is 4.79 Å². The minimum Gasteiger partial charge on any atom is -0.425 e. The van der Waals surface area contributed by atoms with Gasteiger partial charge in [-0.2, -0.15) is 13.2 Å². The largest absolute Gasteiger partial charge is 0.425 e. The summed E-state index contributed by atoms with van der Waals surface area (Å²) in [5.41, 5.74) is -0.895. The van der Waals surface area contributed by atoms with Crippen LogP contribution >= 0.6 is 15.9 Å². The predicted molar refractivity (Wildman–Crippen MR) is 64.0 cm³/mol. The van der Waals surface area contributed by atoms with Crippen molar-refractivity contribution in [3.63, 3.8) is 0 Å². The van der Waals surface area contributed by atoms with E-state index >= 15 is 0 Å². The number of halogens is 4. The van der Waals surface area contributed by atoms with E-state index in [1.54, 1.807) is 0 Å². The molecule has 0 atom stereocenters. The SMILES string of the molecule is CNC(=O)Oc1cc2c(C(F)(F)F)cc(Br)cc2o1. The summed E-state index contributed by atoms with van der Waals surface area (Å²) >= 11 is 2.97. The Morgan fingerprint density at radius 2 is 2.05 bits per heavy atom. The fourth-order valence-electron chi connectivity index (χ4n) is 1.51. The molecule has 1 N–H and O–H groups in total. The van der Waals surface area contributed by atoms with Crippen LogP contribution in [0.1, 0.15) is 5.56 Å². The molecule has 0 bridgehead atoms. The van der Waals surface area contributed by atoms with Crippen LogP contribution in [0.3, 0.4) is 0 Å². The molecule has 0 fully saturated rings. The molecule has 19 heavy (non-hydrogen) atoms. The number of ether oxygens (including phenoxy) is 1. The lowest BCUT2D eigenvalue weighted by molar-refractivity contribution is -0.136. The first-order valence-electron chi connectivity index (χ1n) is 5.01. The molecule has 8 heteroatoms. The lowest BCUT2D eigenvalue weighted by atomic mass is 10.1. The van der Waals surface area contributed by atoms with Crippen molar-refractivity contribution >= 4 is 33.0 Å². The maximum atomic E-state index is 12.9. The minimum atomic E-state index is -4.53. The molecule has 0 aliphatic rings. The smallest absolute Gasteiger partial charge is 0.417 e. The van der Waals surface area contributed by atoms with Crippen LogP contribution < -0.4 is 10.1 Å². The topological polar surface area (TPSA) is 51.5 Å². The van der Waals surface area contributed by atoms with E-state index in [0.29, 0.717) is 0 Å². The average Bonchev–Trinajstić information content (AvgIpc) is 2.68. The normalized spacial score (nSPS) is 11.6. The summed E-state index contributed by atoms with van der Waals surface area (Å²) in [7, 11) is 1.32. The summed E-state index contributed by atoms with van der Waals surface area (Å²) in [6, 6.07) is 3.32. The van der Waals surface area contributed by atoms with Crippen molar-refractivity contribution in [3.05, 3.63) is 28.2 Å². The van der Waals surface area contributed by atoms with Crippen LogP contribution in [0.5, 0.6) is 5.95 Å². The number of hydrogen-bond acceptors (Lipinski definition) is 3. The molecule has 2 rings (SSSR count). The zero-order valence-electron chi connectivity index (χ0n) is 9.47. The number of nitrogens with one attached hydrogen (secondary N) is 1. The van der Waals surface area contributed by atoms with Crippen LogP contribution in [0.15, 0.2) is 27.1 Å². The molecule has 0 aliphatic heterocycles.